The van der Waals surface area contributed by atoms with Crippen LogP contribution in [0.4, 0.5) is 11.4 Å². The summed E-state index contributed by atoms with van der Waals surface area (Å²) in [4.78, 5) is 34.2. The van der Waals surface area contributed by atoms with E-state index >= 15 is 0 Å². The predicted octanol–water partition coefficient (Wildman–Crippen LogP) is 3.14. The molecule has 2 heterocycles. The van der Waals surface area contributed by atoms with E-state index in [0.29, 0.717) is 13.1 Å². The first-order chi connectivity index (χ1) is 13.7. The highest BCUT2D eigenvalue weighted by atomic mass is 16.6. The Bertz CT molecular complexity index is 938. The van der Waals surface area contributed by atoms with E-state index in [1.807, 2.05) is 55.5 Å². The summed E-state index contributed by atoms with van der Waals surface area (Å²) >= 11 is 0. The SMILES string of the molecule is CCCN1C(=O)C(=NOCC(=O)N2CCCc3ccccc32)c2ccccc21. The Kier molecular flexibility index (Phi) is 5.10. The summed E-state index contributed by atoms with van der Waals surface area (Å²) in [6, 6.07) is 15.4. The third kappa shape index (κ3) is 3.26. The summed E-state index contributed by atoms with van der Waals surface area (Å²) in [5, 5.41) is 4.05. The molecule has 0 radical (unpaired) electrons. The Morgan fingerprint density at radius 3 is 2.68 bits per heavy atom. The summed E-state index contributed by atoms with van der Waals surface area (Å²) in [5.74, 6) is -0.334. The second-order valence-corrected chi connectivity index (χ2v) is 6.96. The molecule has 2 aromatic carbocycles. The van der Waals surface area contributed by atoms with Crippen molar-refractivity contribution < 1.29 is 14.4 Å². The summed E-state index contributed by atoms with van der Waals surface area (Å²) in [7, 11) is 0. The van der Waals surface area contributed by atoms with Gasteiger partial charge in [0.15, 0.2) is 12.3 Å². The van der Waals surface area contributed by atoms with Gasteiger partial charge in [0.2, 0.25) is 0 Å². The van der Waals surface area contributed by atoms with Crippen LogP contribution in [0.5, 0.6) is 0 Å². The molecule has 0 spiro atoms. The van der Waals surface area contributed by atoms with E-state index in [4.69, 9.17) is 4.84 Å². The Morgan fingerprint density at radius 1 is 1.11 bits per heavy atom. The molecule has 6 heteroatoms. The highest BCUT2D eigenvalue weighted by Crippen LogP contribution is 2.29. The number of oxime groups is 1. The van der Waals surface area contributed by atoms with Crippen LogP contribution in [-0.2, 0) is 20.8 Å². The highest BCUT2D eigenvalue weighted by molar-refractivity contribution is 6.54. The Balaban J connectivity index is 1.48. The summed E-state index contributed by atoms with van der Waals surface area (Å²) in [6.07, 6.45) is 2.75. The van der Waals surface area contributed by atoms with Gasteiger partial charge in [-0.05, 0) is 37.0 Å². The molecule has 0 unspecified atom stereocenters. The Labute approximate surface area is 164 Å². The van der Waals surface area contributed by atoms with Crippen molar-refractivity contribution in [1.29, 1.82) is 0 Å². The number of carbonyl (C=O) groups is 2. The average molecular weight is 377 g/mol. The van der Waals surface area contributed by atoms with Crippen molar-refractivity contribution in [2.45, 2.75) is 26.2 Å². The average Bonchev–Trinajstić information content (AvgIpc) is 2.99. The van der Waals surface area contributed by atoms with Gasteiger partial charge in [-0.25, -0.2) is 0 Å². The molecule has 0 aliphatic carbocycles. The third-order valence-corrected chi connectivity index (χ3v) is 5.10. The maximum atomic E-state index is 12.7. The zero-order valence-corrected chi connectivity index (χ0v) is 15.9. The lowest BCUT2D eigenvalue weighted by molar-refractivity contribution is -0.123. The number of amides is 2. The van der Waals surface area contributed by atoms with Gasteiger partial charge in [-0.15, -0.1) is 0 Å². The van der Waals surface area contributed by atoms with Gasteiger partial charge in [0.25, 0.3) is 11.8 Å². The van der Waals surface area contributed by atoms with Crippen LogP contribution in [0.15, 0.2) is 53.7 Å². The van der Waals surface area contributed by atoms with E-state index in [-0.39, 0.29) is 24.1 Å². The van der Waals surface area contributed by atoms with Gasteiger partial charge in [-0.1, -0.05) is 48.5 Å². The molecular formula is C22H23N3O3. The molecule has 0 aromatic heterocycles. The Hall–Kier alpha value is -3.15. The number of benzene rings is 2. The van der Waals surface area contributed by atoms with Crippen molar-refractivity contribution in [3.05, 3.63) is 59.7 Å². The highest BCUT2D eigenvalue weighted by Gasteiger charge is 2.34. The van der Waals surface area contributed by atoms with E-state index < -0.39 is 0 Å². The molecule has 0 bridgehead atoms. The molecule has 0 fully saturated rings. The number of aryl methyl sites for hydroxylation is 1. The van der Waals surface area contributed by atoms with Gasteiger partial charge in [0, 0.05) is 24.3 Å². The zero-order valence-electron chi connectivity index (χ0n) is 15.9. The molecule has 2 aliphatic rings. The summed E-state index contributed by atoms with van der Waals surface area (Å²) in [6.45, 7) is 3.12. The fourth-order valence-electron chi connectivity index (χ4n) is 3.82. The molecule has 0 saturated carbocycles. The number of hydrogen-bond donors (Lipinski definition) is 0. The summed E-state index contributed by atoms with van der Waals surface area (Å²) < 4.78 is 0. The van der Waals surface area contributed by atoms with Crippen molar-refractivity contribution in [3.8, 4) is 0 Å². The second-order valence-electron chi connectivity index (χ2n) is 6.96. The molecule has 0 saturated heterocycles. The number of hydrogen-bond acceptors (Lipinski definition) is 4. The lowest BCUT2D eigenvalue weighted by atomic mass is 10.0. The second kappa shape index (κ2) is 7.84. The maximum absolute atomic E-state index is 12.7. The first-order valence-electron chi connectivity index (χ1n) is 9.70. The summed E-state index contributed by atoms with van der Waals surface area (Å²) in [5.41, 5.74) is 3.95. The molecule has 144 valence electrons. The van der Waals surface area contributed by atoms with Crippen molar-refractivity contribution in [2.75, 3.05) is 29.5 Å². The Morgan fingerprint density at radius 2 is 1.86 bits per heavy atom. The number of anilines is 2. The molecule has 6 nitrogen and oxygen atoms in total. The van der Waals surface area contributed by atoms with Crippen molar-refractivity contribution >= 4 is 28.9 Å². The monoisotopic (exact) mass is 377 g/mol. The number of carbonyl (C=O) groups excluding carboxylic acids is 2. The molecule has 2 amide bonds. The van der Waals surface area contributed by atoms with Gasteiger partial charge in [-0.2, -0.15) is 0 Å². The molecule has 0 N–H and O–H groups in total. The minimum absolute atomic E-state index is 0.152. The minimum Gasteiger partial charge on any atom is -0.385 e. The lowest BCUT2D eigenvalue weighted by Crippen LogP contribution is -2.37. The van der Waals surface area contributed by atoms with Crippen LogP contribution < -0.4 is 9.80 Å². The fraction of sp³-hybridized carbons (Fsp3) is 0.318. The number of para-hydroxylation sites is 2. The van der Waals surface area contributed by atoms with Crippen LogP contribution in [0.1, 0.15) is 30.9 Å². The number of rotatable bonds is 5. The molecule has 4 rings (SSSR count). The van der Waals surface area contributed by atoms with E-state index in [2.05, 4.69) is 5.16 Å². The quantitative estimate of drug-likeness (QED) is 0.752. The molecule has 2 aliphatic heterocycles. The fourth-order valence-corrected chi connectivity index (χ4v) is 3.82. The van der Waals surface area contributed by atoms with E-state index in [9.17, 15) is 9.59 Å². The first-order valence-corrected chi connectivity index (χ1v) is 9.70. The van der Waals surface area contributed by atoms with Crippen LogP contribution in [0.2, 0.25) is 0 Å². The van der Waals surface area contributed by atoms with Gasteiger partial charge in [0.05, 0.1) is 5.69 Å². The van der Waals surface area contributed by atoms with Gasteiger partial charge in [-0.3, -0.25) is 9.59 Å². The van der Waals surface area contributed by atoms with Crippen LogP contribution in [0.25, 0.3) is 0 Å². The molecule has 2 aromatic rings. The lowest BCUT2D eigenvalue weighted by Gasteiger charge is -2.28. The van der Waals surface area contributed by atoms with Crippen LogP contribution in [0, 0.1) is 0 Å². The van der Waals surface area contributed by atoms with Crippen LogP contribution in [-0.4, -0.2) is 37.2 Å². The molecule has 0 atom stereocenters. The maximum Gasteiger partial charge on any atom is 0.281 e. The standard InChI is InChI=1S/C22H23N3O3/c1-2-13-25-19-12-6-4-10-17(19)21(22(25)27)23-28-15-20(26)24-14-7-9-16-8-3-5-11-18(16)24/h3-6,8,10-12H,2,7,9,13-15H2,1H3. The zero-order chi connectivity index (χ0) is 19.5. The normalized spacial score (nSPS) is 16.9. The first kappa shape index (κ1) is 18.2. The van der Waals surface area contributed by atoms with Crippen molar-refractivity contribution in [2.24, 2.45) is 5.16 Å². The molecular weight excluding hydrogens is 354 g/mol. The predicted molar refractivity (Wildman–Crippen MR) is 109 cm³/mol. The number of nitrogens with zero attached hydrogens (tertiary/aromatic N) is 3. The largest absolute Gasteiger partial charge is 0.385 e. The van der Waals surface area contributed by atoms with Gasteiger partial charge < -0.3 is 14.6 Å². The molecule has 28 heavy (non-hydrogen) atoms. The van der Waals surface area contributed by atoms with Gasteiger partial charge in [0.1, 0.15) is 0 Å². The third-order valence-electron chi connectivity index (χ3n) is 5.10. The van der Waals surface area contributed by atoms with Crippen LogP contribution in [0.3, 0.4) is 0 Å². The minimum atomic E-state index is -0.193. The van der Waals surface area contributed by atoms with E-state index in [1.165, 1.54) is 5.56 Å². The van der Waals surface area contributed by atoms with E-state index in [0.717, 1.165) is 36.2 Å². The van der Waals surface area contributed by atoms with Crippen molar-refractivity contribution in [3.63, 3.8) is 0 Å². The van der Waals surface area contributed by atoms with Gasteiger partial charge >= 0.3 is 0 Å². The smallest absolute Gasteiger partial charge is 0.281 e. The van der Waals surface area contributed by atoms with E-state index in [1.54, 1.807) is 9.80 Å². The number of fused-ring (bicyclic) bond motifs is 2. The topological polar surface area (TPSA) is 62.2 Å². The van der Waals surface area contributed by atoms with Crippen molar-refractivity contribution in [1.82, 2.24) is 0 Å². The van der Waals surface area contributed by atoms with Crippen LogP contribution >= 0.6 is 0 Å².